The SMILES string of the molecule is COC(=O)C1CCN1C1CCOCC1. The molecule has 0 spiro atoms. The van der Waals surface area contributed by atoms with E-state index in [1.54, 1.807) is 0 Å². The van der Waals surface area contributed by atoms with Crippen molar-refractivity contribution in [1.29, 1.82) is 0 Å². The lowest BCUT2D eigenvalue weighted by Gasteiger charge is -2.45. The minimum absolute atomic E-state index is 0.0168. The monoisotopic (exact) mass is 199 g/mol. The molecule has 2 aliphatic heterocycles. The molecule has 14 heavy (non-hydrogen) atoms. The summed E-state index contributed by atoms with van der Waals surface area (Å²) in [4.78, 5) is 13.6. The van der Waals surface area contributed by atoms with Gasteiger partial charge in [0, 0.05) is 25.8 Å². The Morgan fingerprint density at radius 1 is 1.36 bits per heavy atom. The molecule has 80 valence electrons. The summed E-state index contributed by atoms with van der Waals surface area (Å²) in [5.74, 6) is -0.0808. The fourth-order valence-corrected chi connectivity index (χ4v) is 2.25. The van der Waals surface area contributed by atoms with Gasteiger partial charge in [-0.15, -0.1) is 0 Å². The van der Waals surface area contributed by atoms with Crippen LogP contribution in [0.5, 0.6) is 0 Å². The lowest BCUT2D eigenvalue weighted by atomic mass is 9.96. The van der Waals surface area contributed by atoms with Crippen molar-refractivity contribution in [2.75, 3.05) is 26.9 Å². The molecule has 0 radical (unpaired) electrons. The molecule has 0 aliphatic carbocycles. The van der Waals surface area contributed by atoms with Gasteiger partial charge in [-0.25, -0.2) is 0 Å². The third-order valence-electron chi connectivity index (χ3n) is 3.19. The van der Waals surface area contributed by atoms with Gasteiger partial charge in [0.15, 0.2) is 0 Å². The van der Waals surface area contributed by atoms with Crippen molar-refractivity contribution in [2.24, 2.45) is 0 Å². The Morgan fingerprint density at radius 2 is 2.07 bits per heavy atom. The van der Waals surface area contributed by atoms with Crippen molar-refractivity contribution < 1.29 is 14.3 Å². The summed E-state index contributed by atoms with van der Waals surface area (Å²) in [5, 5.41) is 0. The lowest BCUT2D eigenvalue weighted by molar-refractivity contribution is -0.155. The van der Waals surface area contributed by atoms with Gasteiger partial charge in [-0.05, 0) is 19.3 Å². The van der Waals surface area contributed by atoms with Gasteiger partial charge < -0.3 is 9.47 Å². The van der Waals surface area contributed by atoms with Crippen LogP contribution in [0.15, 0.2) is 0 Å². The van der Waals surface area contributed by atoms with Crippen LogP contribution < -0.4 is 0 Å². The van der Waals surface area contributed by atoms with Crippen LogP contribution in [-0.2, 0) is 14.3 Å². The van der Waals surface area contributed by atoms with Crippen molar-refractivity contribution in [2.45, 2.75) is 31.3 Å². The van der Waals surface area contributed by atoms with Crippen LogP contribution in [0, 0.1) is 0 Å². The molecular formula is C10H17NO3. The van der Waals surface area contributed by atoms with Crippen molar-refractivity contribution in [3.05, 3.63) is 0 Å². The smallest absolute Gasteiger partial charge is 0.323 e. The fraction of sp³-hybridized carbons (Fsp3) is 0.900. The molecule has 2 saturated heterocycles. The summed E-state index contributed by atoms with van der Waals surface area (Å²) in [7, 11) is 1.46. The molecule has 0 aromatic heterocycles. The first kappa shape index (κ1) is 9.93. The van der Waals surface area contributed by atoms with E-state index >= 15 is 0 Å². The molecule has 2 aliphatic rings. The molecule has 2 fully saturated rings. The Kier molecular flexibility index (Phi) is 3.03. The van der Waals surface area contributed by atoms with Gasteiger partial charge in [0.2, 0.25) is 0 Å². The third kappa shape index (κ3) is 1.77. The quantitative estimate of drug-likeness (QED) is 0.604. The van der Waals surface area contributed by atoms with Crippen molar-refractivity contribution in [1.82, 2.24) is 4.90 Å². The summed E-state index contributed by atoms with van der Waals surface area (Å²) >= 11 is 0. The summed E-state index contributed by atoms with van der Waals surface area (Å²) in [5.41, 5.74) is 0. The normalized spacial score (nSPS) is 29.6. The van der Waals surface area contributed by atoms with E-state index in [0.29, 0.717) is 6.04 Å². The van der Waals surface area contributed by atoms with E-state index in [9.17, 15) is 4.79 Å². The maximum Gasteiger partial charge on any atom is 0.323 e. The van der Waals surface area contributed by atoms with Crippen molar-refractivity contribution >= 4 is 5.97 Å². The summed E-state index contributed by atoms with van der Waals surface area (Å²) in [6.45, 7) is 2.69. The first-order valence-electron chi connectivity index (χ1n) is 5.24. The Bertz CT molecular complexity index is 213. The molecule has 0 amide bonds. The summed E-state index contributed by atoms with van der Waals surface area (Å²) in [6.07, 6.45) is 3.05. The van der Waals surface area contributed by atoms with Crippen molar-refractivity contribution in [3.8, 4) is 0 Å². The molecule has 2 heterocycles. The molecule has 1 atom stereocenters. The lowest BCUT2D eigenvalue weighted by Crippen LogP contribution is -2.58. The zero-order valence-corrected chi connectivity index (χ0v) is 8.57. The van der Waals surface area contributed by atoms with E-state index in [0.717, 1.165) is 39.0 Å². The number of hydrogen-bond acceptors (Lipinski definition) is 4. The minimum atomic E-state index is -0.0808. The van der Waals surface area contributed by atoms with Gasteiger partial charge in [-0.1, -0.05) is 0 Å². The predicted octanol–water partition coefficient (Wildman–Crippen LogP) is 0.413. The molecule has 0 aromatic carbocycles. The van der Waals surface area contributed by atoms with Crippen LogP contribution in [0.1, 0.15) is 19.3 Å². The molecule has 0 bridgehead atoms. The number of ether oxygens (including phenoxy) is 2. The predicted molar refractivity (Wildman–Crippen MR) is 51.0 cm³/mol. The largest absolute Gasteiger partial charge is 0.468 e. The fourth-order valence-electron chi connectivity index (χ4n) is 2.25. The van der Waals surface area contributed by atoms with Gasteiger partial charge in [0.1, 0.15) is 6.04 Å². The van der Waals surface area contributed by atoms with Crippen LogP contribution in [0.25, 0.3) is 0 Å². The molecule has 0 saturated carbocycles. The number of hydrogen-bond donors (Lipinski definition) is 0. The maximum absolute atomic E-state index is 11.4. The Morgan fingerprint density at radius 3 is 2.57 bits per heavy atom. The standard InChI is InChI=1S/C10H17NO3/c1-13-10(12)9-2-5-11(9)8-3-6-14-7-4-8/h8-9H,2-7H2,1H3. The zero-order chi connectivity index (χ0) is 9.97. The molecule has 0 aromatic rings. The van der Waals surface area contributed by atoms with Gasteiger partial charge in [-0.2, -0.15) is 0 Å². The highest BCUT2D eigenvalue weighted by Crippen LogP contribution is 2.26. The number of nitrogens with zero attached hydrogens (tertiary/aromatic N) is 1. The topological polar surface area (TPSA) is 38.8 Å². The van der Waals surface area contributed by atoms with Crippen LogP contribution in [0.2, 0.25) is 0 Å². The van der Waals surface area contributed by atoms with E-state index in [2.05, 4.69) is 4.90 Å². The van der Waals surface area contributed by atoms with E-state index in [-0.39, 0.29) is 12.0 Å². The highest BCUT2D eigenvalue weighted by molar-refractivity contribution is 5.76. The Balaban J connectivity index is 1.88. The van der Waals surface area contributed by atoms with Crippen LogP contribution in [0.3, 0.4) is 0 Å². The van der Waals surface area contributed by atoms with E-state index in [4.69, 9.17) is 9.47 Å². The highest BCUT2D eigenvalue weighted by Gasteiger charge is 2.39. The van der Waals surface area contributed by atoms with Crippen LogP contribution in [-0.4, -0.2) is 49.8 Å². The molecule has 4 heteroatoms. The number of carbonyl (C=O) groups is 1. The second-order valence-corrected chi connectivity index (χ2v) is 3.91. The zero-order valence-electron chi connectivity index (χ0n) is 8.57. The minimum Gasteiger partial charge on any atom is -0.468 e. The van der Waals surface area contributed by atoms with Crippen LogP contribution >= 0.6 is 0 Å². The van der Waals surface area contributed by atoms with Gasteiger partial charge >= 0.3 is 5.97 Å². The third-order valence-corrected chi connectivity index (χ3v) is 3.19. The average Bonchev–Trinajstić information content (AvgIpc) is 2.17. The number of likely N-dealkylation sites (tertiary alicyclic amines) is 1. The van der Waals surface area contributed by atoms with Gasteiger partial charge in [0.25, 0.3) is 0 Å². The second kappa shape index (κ2) is 4.28. The van der Waals surface area contributed by atoms with Gasteiger partial charge in [-0.3, -0.25) is 9.69 Å². The van der Waals surface area contributed by atoms with Crippen LogP contribution in [0.4, 0.5) is 0 Å². The summed E-state index contributed by atoms with van der Waals surface area (Å²) < 4.78 is 10.1. The maximum atomic E-state index is 11.4. The summed E-state index contributed by atoms with van der Waals surface area (Å²) in [6, 6.07) is 0.546. The molecule has 0 N–H and O–H groups in total. The highest BCUT2D eigenvalue weighted by atomic mass is 16.5. The average molecular weight is 199 g/mol. The van der Waals surface area contributed by atoms with Crippen molar-refractivity contribution in [3.63, 3.8) is 0 Å². The Hall–Kier alpha value is -0.610. The van der Waals surface area contributed by atoms with E-state index < -0.39 is 0 Å². The van der Waals surface area contributed by atoms with E-state index in [1.807, 2.05) is 0 Å². The molecule has 2 rings (SSSR count). The molecular weight excluding hydrogens is 182 g/mol. The number of rotatable bonds is 2. The first-order chi connectivity index (χ1) is 6.83. The molecule has 1 unspecified atom stereocenters. The Labute approximate surface area is 84.2 Å². The van der Waals surface area contributed by atoms with Gasteiger partial charge in [0.05, 0.1) is 7.11 Å². The number of esters is 1. The number of carbonyl (C=O) groups excluding carboxylic acids is 1. The van der Waals surface area contributed by atoms with E-state index in [1.165, 1.54) is 7.11 Å². The first-order valence-corrected chi connectivity index (χ1v) is 5.24. The number of methoxy groups -OCH3 is 1. The second-order valence-electron chi connectivity index (χ2n) is 3.91. The molecule has 4 nitrogen and oxygen atoms in total.